The third-order valence-corrected chi connectivity index (χ3v) is 4.34. The topological polar surface area (TPSA) is 12.0 Å². The molecule has 1 aromatic rings. The highest BCUT2D eigenvalue weighted by Gasteiger charge is 2.18. The van der Waals surface area contributed by atoms with Gasteiger partial charge < -0.3 is 5.32 Å². The van der Waals surface area contributed by atoms with Crippen LogP contribution in [0.1, 0.15) is 29.5 Å². The molecule has 0 amide bonds. The van der Waals surface area contributed by atoms with Crippen molar-refractivity contribution in [2.75, 3.05) is 6.54 Å². The summed E-state index contributed by atoms with van der Waals surface area (Å²) in [7, 11) is 0. The number of hydrogen-bond acceptors (Lipinski definition) is 1. The standard InChI is InChI=1S/C13H17BrFN/c1-8-6-10(7-11-4-3-5-16-11)9(2)13(15)12(8)14/h6,11,16H,3-5,7H2,1-2H3. The van der Waals surface area contributed by atoms with Gasteiger partial charge in [-0.3, -0.25) is 0 Å². The molecule has 16 heavy (non-hydrogen) atoms. The summed E-state index contributed by atoms with van der Waals surface area (Å²) >= 11 is 3.29. The Kier molecular flexibility index (Phi) is 3.65. The van der Waals surface area contributed by atoms with Gasteiger partial charge in [0, 0.05) is 6.04 Å². The normalized spacial score (nSPS) is 20.4. The van der Waals surface area contributed by atoms with E-state index in [1.807, 2.05) is 13.8 Å². The van der Waals surface area contributed by atoms with Crippen LogP contribution in [0.2, 0.25) is 0 Å². The van der Waals surface area contributed by atoms with Gasteiger partial charge >= 0.3 is 0 Å². The SMILES string of the molecule is Cc1cc(CC2CCCN2)c(C)c(F)c1Br. The molecule has 1 aliphatic heterocycles. The Bertz CT molecular complexity index is 397. The van der Waals surface area contributed by atoms with Gasteiger partial charge in [-0.1, -0.05) is 6.07 Å². The predicted octanol–water partition coefficient (Wildman–Crippen LogP) is 3.50. The predicted molar refractivity (Wildman–Crippen MR) is 68.3 cm³/mol. The first kappa shape index (κ1) is 12.1. The molecule has 0 radical (unpaired) electrons. The summed E-state index contributed by atoms with van der Waals surface area (Å²) in [5.41, 5.74) is 2.90. The van der Waals surface area contributed by atoms with Crippen molar-refractivity contribution in [2.24, 2.45) is 0 Å². The van der Waals surface area contributed by atoms with Crippen LogP contribution >= 0.6 is 15.9 Å². The Labute approximate surface area is 105 Å². The van der Waals surface area contributed by atoms with Gasteiger partial charge in [-0.05, 0) is 72.3 Å². The summed E-state index contributed by atoms with van der Waals surface area (Å²) in [6.07, 6.45) is 3.38. The summed E-state index contributed by atoms with van der Waals surface area (Å²) in [5.74, 6) is -0.104. The first-order chi connectivity index (χ1) is 7.59. The summed E-state index contributed by atoms with van der Waals surface area (Å²) in [6.45, 7) is 4.91. The fraction of sp³-hybridized carbons (Fsp3) is 0.538. The third-order valence-electron chi connectivity index (χ3n) is 3.37. The first-order valence-electron chi connectivity index (χ1n) is 5.77. The highest BCUT2D eigenvalue weighted by molar-refractivity contribution is 9.10. The van der Waals surface area contributed by atoms with Gasteiger partial charge in [0.2, 0.25) is 0 Å². The lowest BCUT2D eigenvalue weighted by atomic mass is 9.98. The molecular formula is C13H17BrFN. The molecule has 0 bridgehead atoms. The van der Waals surface area contributed by atoms with E-state index < -0.39 is 0 Å². The summed E-state index contributed by atoms with van der Waals surface area (Å²) in [5, 5.41) is 3.45. The van der Waals surface area contributed by atoms with Crippen molar-refractivity contribution in [2.45, 2.75) is 39.2 Å². The molecular weight excluding hydrogens is 269 g/mol. The molecule has 0 spiro atoms. The molecule has 0 aromatic heterocycles. The van der Waals surface area contributed by atoms with Gasteiger partial charge in [0.05, 0.1) is 4.47 Å². The van der Waals surface area contributed by atoms with Crippen molar-refractivity contribution in [1.82, 2.24) is 5.32 Å². The van der Waals surface area contributed by atoms with Gasteiger partial charge in [-0.15, -0.1) is 0 Å². The minimum Gasteiger partial charge on any atom is -0.314 e. The summed E-state index contributed by atoms with van der Waals surface area (Å²) < 4.78 is 14.5. The van der Waals surface area contributed by atoms with Crippen molar-refractivity contribution >= 4 is 15.9 Å². The molecule has 88 valence electrons. The largest absolute Gasteiger partial charge is 0.314 e. The van der Waals surface area contributed by atoms with Crippen LogP contribution in [-0.2, 0) is 6.42 Å². The average molecular weight is 286 g/mol. The highest BCUT2D eigenvalue weighted by Crippen LogP contribution is 2.27. The van der Waals surface area contributed by atoms with Crippen molar-refractivity contribution < 1.29 is 4.39 Å². The lowest BCUT2D eigenvalue weighted by Crippen LogP contribution is -2.24. The molecule has 1 saturated heterocycles. The minimum absolute atomic E-state index is 0.104. The number of nitrogens with one attached hydrogen (secondary N) is 1. The first-order valence-corrected chi connectivity index (χ1v) is 6.56. The zero-order valence-electron chi connectivity index (χ0n) is 9.74. The van der Waals surface area contributed by atoms with E-state index >= 15 is 0 Å². The van der Waals surface area contributed by atoms with E-state index in [0.717, 1.165) is 29.7 Å². The van der Waals surface area contributed by atoms with Crippen LogP contribution in [0.15, 0.2) is 10.5 Å². The van der Waals surface area contributed by atoms with Crippen molar-refractivity contribution in [3.05, 3.63) is 33.0 Å². The van der Waals surface area contributed by atoms with E-state index in [0.29, 0.717) is 10.5 Å². The van der Waals surface area contributed by atoms with Crippen molar-refractivity contribution in [1.29, 1.82) is 0 Å². The summed E-state index contributed by atoms with van der Waals surface area (Å²) in [4.78, 5) is 0. The lowest BCUT2D eigenvalue weighted by molar-refractivity contribution is 0.582. The second-order valence-corrected chi connectivity index (χ2v) is 5.40. The Morgan fingerprint density at radius 2 is 2.25 bits per heavy atom. The number of hydrogen-bond donors (Lipinski definition) is 1. The molecule has 0 aliphatic carbocycles. The zero-order valence-corrected chi connectivity index (χ0v) is 11.3. The van der Waals surface area contributed by atoms with E-state index in [9.17, 15) is 4.39 Å². The molecule has 1 aromatic carbocycles. The Morgan fingerprint density at radius 1 is 1.50 bits per heavy atom. The van der Waals surface area contributed by atoms with Crippen LogP contribution in [0.25, 0.3) is 0 Å². The van der Waals surface area contributed by atoms with E-state index in [1.54, 1.807) is 0 Å². The second-order valence-electron chi connectivity index (χ2n) is 4.60. The maximum Gasteiger partial charge on any atom is 0.140 e. The molecule has 1 N–H and O–H groups in total. The summed E-state index contributed by atoms with van der Waals surface area (Å²) in [6, 6.07) is 2.63. The van der Waals surface area contributed by atoms with Crippen LogP contribution in [-0.4, -0.2) is 12.6 Å². The van der Waals surface area contributed by atoms with Crippen LogP contribution in [0.3, 0.4) is 0 Å². The molecule has 3 heteroatoms. The molecule has 1 nitrogen and oxygen atoms in total. The molecule has 2 rings (SSSR count). The van der Waals surface area contributed by atoms with Gasteiger partial charge in [0.1, 0.15) is 5.82 Å². The molecule has 0 saturated carbocycles. The Hall–Kier alpha value is -0.410. The van der Waals surface area contributed by atoms with Crippen LogP contribution < -0.4 is 5.32 Å². The fourth-order valence-corrected chi connectivity index (χ4v) is 2.73. The number of halogens is 2. The van der Waals surface area contributed by atoms with Gasteiger partial charge in [-0.25, -0.2) is 4.39 Å². The average Bonchev–Trinajstić information content (AvgIpc) is 2.76. The highest BCUT2D eigenvalue weighted by atomic mass is 79.9. The maximum absolute atomic E-state index is 13.9. The van der Waals surface area contributed by atoms with Crippen LogP contribution in [0, 0.1) is 19.7 Å². The number of benzene rings is 1. The molecule has 1 heterocycles. The van der Waals surface area contributed by atoms with Crippen molar-refractivity contribution in [3.8, 4) is 0 Å². The van der Waals surface area contributed by atoms with Crippen molar-refractivity contribution in [3.63, 3.8) is 0 Å². The van der Waals surface area contributed by atoms with E-state index in [-0.39, 0.29) is 5.82 Å². The quantitative estimate of drug-likeness (QED) is 0.877. The Balaban J connectivity index is 2.26. The van der Waals surface area contributed by atoms with Crippen LogP contribution in [0.4, 0.5) is 4.39 Å². The molecule has 1 atom stereocenters. The van der Waals surface area contributed by atoms with E-state index in [4.69, 9.17) is 0 Å². The monoisotopic (exact) mass is 285 g/mol. The number of rotatable bonds is 2. The fourth-order valence-electron chi connectivity index (χ4n) is 2.32. The van der Waals surface area contributed by atoms with Crippen LogP contribution in [0.5, 0.6) is 0 Å². The minimum atomic E-state index is -0.104. The van der Waals surface area contributed by atoms with Gasteiger partial charge in [0.25, 0.3) is 0 Å². The third kappa shape index (κ3) is 2.30. The van der Waals surface area contributed by atoms with E-state index in [1.165, 1.54) is 12.8 Å². The smallest absolute Gasteiger partial charge is 0.140 e. The molecule has 1 aliphatic rings. The molecule has 1 unspecified atom stereocenters. The van der Waals surface area contributed by atoms with E-state index in [2.05, 4.69) is 27.3 Å². The lowest BCUT2D eigenvalue weighted by Gasteiger charge is -2.15. The van der Waals surface area contributed by atoms with Gasteiger partial charge in [-0.2, -0.15) is 0 Å². The van der Waals surface area contributed by atoms with Gasteiger partial charge in [0.15, 0.2) is 0 Å². The number of aryl methyl sites for hydroxylation is 1. The maximum atomic E-state index is 13.9. The second kappa shape index (κ2) is 4.84. The Morgan fingerprint density at radius 3 is 2.88 bits per heavy atom. The zero-order chi connectivity index (χ0) is 11.7. The molecule has 1 fully saturated rings.